The van der Waals surface area contributed by atoms with Gasteiger partial charge in [0.15, 0.2) is 0 Å². The van der Waals surface area contributed by atoms with Gasteiger partial charge in [-0.1, -0.05) is 30.4 Å². The van der Waals surface area contributed by atoms with E-state index >= 15 is 0 Å². The van der Waals surface area contributed by atoms with Crippen LogP contribution >= 0.6 is 0 Å². The fourth-order valence-corrected chi connectivity index (χ4v) is 1.93. The summed E-state index contributed by atoms with van der Waals surface area (Å²) in [7, 11) is 0. The van der Waals surface area contributed by atoms with Crippen LogP contribution in [-0.2, 0) is 25.8 Å². The van der Waals surface area contributed by atoms with Crippen molar-refractivity contribution < 1.29 is 55.4 Å². The van der Waals surface area contributed by atoms with Gasteiger partial charge in [0, 0.05) is 36.6 Å². The first-order valence-electron chi connectivity index (χ1n) is 4.54. The first-order valence-corrected chi connectivity index (χ1v) is 4.54. The number of ether oxygens (including phenoxy) is 1. The van der Waals surface area contributed by atoms with E-state index in [1.54, 1.807) is 0 Å². The van der Waals surface area contributed by atoms with Gasteiger partial charge in [-0.3, -0.25) is 0 Å². The molecule has 0 N–H and O–H groups in total. The molecule has 1 aromatic carbocycles. The molecule has 84 valence electrons. The molecule has 3 rings (SSSR count). The average Bonchev–Trinajstić information content (AvgIpc) is 2.65. The number of fused-ring (bicyclic) bond motifs is 3. The van der Waals surface area contributed by atoms with Gasteiger partial charge in [0.05, 0.1) is 0 Å². The van der Waals surface area contributed by atoms with Crippen LogP contribution in [0.25, 0.3) is 18.2 Å². The minimum Gasteiger partial charge on any atom is -1.00 e. The summed E-state index contributed by atoms with van der Waals surface area (Å²) in [6.45, 7) is 2.06. The number of allylic oxidation sites excluding steroid dienone is 1. The molecule has 1 nitrogen and oxygen atoms in total. The van der Waals surface area contributed by atoms with Gasteiger partial charge in [0.2, 0.25) is 0 Å². The Kier molecular flexibility index (Phi) is 6.02. The molecule has 1 aliphatic carbocycles. The van der Waals surface area contributed by atoms with Crippen molar-refractivity contribution in [3.8, 4) is 5.75 Å². The Hall–Kier alpha value is -0.0499. The minimum atomic E-state index is 0. The average molecular weight is 420 g/mol. The summed E-state index contributed by atoms with van der Waals surface area (Å²) in [6, 6.07) is 4.27. The molecular weight excluding hydrogens is 410 g/mol. The number of benzene rings is 1. The summed E-state index contributed by atoms with van der Waals surface area (Å²) in [6.07, 6.45) is 8.66. The Morgan fingerprint density at radius 3 is 2.56 bits per heavy atom. The Balaban J connectivity index is 0.000000750. The SMILES string of the molecule is CC1C=c2ccc3c(c2O1)C=CC=3.[Cl-].[Cl-].[Hf]. The van der Waals surface area contributed by atoms with Crippen molar-refractivity contribution in [2.45, 2.75) is 13.0 Å². The van der Waals surface area contributed by atoms with Gasteiger partial charge >= 0.3 is 0 Å². The maximum atomic E-state index is 5.72. The van der Waals surface area contributed by atoms with Crippen molar-refractivity contribution in [1.29, 1.82) is 0 Å². The zero-order valence-electron chi connectivity index (χ0n) is 8.71. The number of hydrogen-bond donors (Lipinski definition) is 0. The van der Waals surface area contributed by atoms with Gasteiger partial charge in [0.25, 0.3) is 0 Å². The third-order valence-electron chi connectivity index (χ3n) is 2.52. The van der Waals surface area contributed by atoms with E-state index in [1.807, 2.05) is 0 Å². The molecule has 1 unspecified atom stereocenters. The van der Waals surface area contributed by atoms with Crippen molar-refractivity contribution in [1.82, 2.24) is 0 Å². The number of halogens is 2. The molecule has 1 heterocycles. The van der Waals surface area contributed by atoms with Crippen LogP contribution in [0, 0.1) is 0 Å². The van der Waals surface area contributed by atoms with Crippen LogP contribution < -0.4 is 40.0 Å². The zero-order valence-corrected chi connectivity index (χ0v) is 13.8. The summed E-state index contributed by atoms with van der Waals surface area (Å²) in [5, 5.41) is 2.49. The normalized spacial score (nSPS) is 17.4. The molecule has 0 fully saturated rings. The molecule has 2 aliphatic rings. The van der Waals surface area contributed by atoms with Crippen LogP contribution in [0.1, 0.15) is 12.5 Å². The summed E-state index contributed by atoms with van der Waals surface area (Å²) >= 11 is 0. The van der Waals surface area contributed by atoms with E-state index in [9.17, 15) is 0 Å². The molecule has 1 atom stereocenters. The Labute approximate surface area is 126 Å². The summed E-state index contributed by atoms with van der Waals surface area (Å²) in [5.74, 6) is 1.05. The van der Waals surface area contributed by atoms with Gasteiger partial charge in [-0.05, 0) is 18.2 Å². The van der Waals surface area contributed by atoms with Crippen LogP contribution in [0.2, 0.25) is 0 Å². The molecule has 1 aromatic rings. The van der Waals surface area contributed by atoms with Gasteiger partial charge < -0.3 is 29.6 Å². The van der Waals surface area contributed by atoms with E-state index in [4.69, 9.17) is 4.74 Å². The van der Waals surface area contributed by atoms with Crippen molar-refractivity contribution in [2.75, 3.05) is 0 Å². The molecule has 0 aromatic heterocycles. The number of rotatable bonds is 0. The zero-order chi connectivity index (χ0) is 8.84. The van der Waals surface area contributed by atoms with Crippen molar-refractivity contribution in [2.24, 2.45) is 0 Å². The minimum absolute atomic E-state index is 0. The molecule has 16 heavy (non-hydrogen) atoms. The van der Waals surface area contributed by atoms with Gasteiger partial charge in [-0.25, -0.2) is 0 Å². The predicted octanol–water partition coefficient (Wildman–Crippen LogP) is -4.94. The van der Waals surface area contributed by atoms with Crippen molar-refractivity contribution >= 4 is 18.2 Å². The van der Waals surface area contributed by atoms with Crippen LogP contribution in [0.15, 0.2) is 18.2 Å². The van der Waals surface area contributed by atoms with E-state index in [1.165, 1.54) is 16.0 Å². The van der Waals surface area contributed by atoms with E-state index in [0.717, 1.165) is 5.75 Å². The second-order valence-electron chi connectivity index (χ2n) is 3.50. The largest absolute Gasteiger partial charge is 1.00 e. The fourth-order valence-electron chi connectivity index (χ4n) is 1.93. The maximum Gasteiger partial charge on any atom is 0.135 e. The second-order valence-corrected chi connectivity index (χ2v) is 3.50. The van der Waals surface area contributed by atoms with E-state index in [2.05, 4.69) is 43.4 Å². The molecule has 0 amide bonds. The molecule has 4 heteroatoms. The third-order valence-corrected chi connectivity index (χ3v) is 2.52. The molecule has 0 saturated carbocycles. The molecule has 0 bridgehead atoms. The maximum absolute atomic E-state index is 5.72. The third kappa shape index (κ3) is 2.44. The monoisotopic (exact) mass is 420 g/mol. The van der Waals surface area contributed by atoms with Crippen molar-refractivity contribution in [3.63, 3.8) is 0 Å². The molecule has 1 aliphatic heterocycles. The first-order chi connectivity index (χ1) is 6.34. The van der Waals surface area contributed by atoms with E-state index in [0.29, 0.717) is 0 Å². The quantitative estimate of drug-likeness (QED) is 0.383. The van der Waals surface area contributed by atoms with Crippen LogP contribution in [0.3, 0.4) is 0 Å². The van der Waals surface area contributed by atoms with E-state index < -0.39 is 0 Å². The standard InChI is InChI=1S/C12H10O.2ClH.Hf/c1-8-7-10-6-5-9-3-2-4-11(9)12(10)13-8;;;/h2-8H,1H3;2*1H;/p-2. The number of hydrogen-bond acceptors (Lipinski definition) is 1. The molecule has 0 radical (unpaired) electrons. The van der Waals surface area contributed by atoms with Crippen LogP contribution in [0.5, 0.6) is 5.75 Å². The van der Waals surface area contributed by atoms with Gasteiger partial charge in [-0.2, -0.15) is 0 Å². The van der Waals surface area contributed by atoms with Crippen LogP contribution in [0.4, 0.5) is 0 Å². The molecular formula is C12H10Cl2HfO-2. The second kappa shape index (κ2) is 6.04. The Morgan fingerprint density at radius 2 is 1.81 bits per heavy atom. The Bertz CT molecular complexity index is 523. The summed E-state index contributed by atoms with van der Waals surface area (Å²) in [5.41, 5.74) is 1.23. The van der Waals surface area contributed by atoms with Crippen molar-refractivity contribution in [3.05, 3.63) is 34.2 Å². The smallest absolute Gasteiger partial charge is 0.135 e. The molecule has 0 saturated heterocycles. The summed E-state index contributed by atoms with van der Waals surface area (Å²) < 4.78 is 5.72. The predicted molar refractivity (Wildman–Crippen MR) is 53.7 cm³/mol. The summed E-state index contributed by atoms with van der Waals surface area (Å²) in [4.78, 5) is 0. The molecule has 0 spiro atoms. The van der Waals surface area contributed by atoms with Gasteiger partial charge in [-0.15, -0.1) is 0 Å². The van der Waals surface area contributed by atoms with Gasteiger partial charge in [0.1, 0.15) is 11.9 Å². The topological polar surface area (TPSA) is 9.23 Å². The first kappa shape index (κ1) is 16.0. The fraction of sp³-hybridized carbons (Fsp3) is 0.167. The van der Waals surface area contributed by atoms with Crippen LogP contribution in [-0.4, -0.2) is 6.10 Å². The van der Waals surface area contributed by atoms with E-state index in [-0.39, 0.29) is 56.8 Å². The Morgan fingerprint density at radius 1 is 1.12 bits per heavy atom.